The van der Waals surface area contributed by atoms with Gasteiger partial charge in [-0.1, -0.05) is 82.1 Å². The average Bonchev–Trinajstić information content (AvgIpc) is 2.79. The van der Waals surface area contributed by atoms with Gasteiger partial charge < -0.3 is 0 Å². The lowest BCUT2D eigenvalue weighted by Crippen LogP contribution is -2.21. The zero-order valence-corrected chi connectivity index (χ0v) is 26.9. The third-order valence-electron chi connectivity index (χ3n) is 7.78. The van der Waals surface area contributed by atoms with E-state index in [-0.39, 0.29) is 0 Å². The molecule has 0 radical (unpaired) electrons. The van der Waals surface area contributed by atoms with Crippen molar-refractivity contribution in [3.05, 3.63) is 23.5 Å². The molecule has 2 fully saturated rings. The summed E-state index contributed by atoms with van der Waals surface area (Å²) >= 11 is 0. The normalized spacial score (nSPS) is 26.6. The number of hydrogen-bond acceptors (Lipinski definition) is 4. The minimum Gasteiger partial charge on any atom is -0.286 e. The molecule has 0 bridgehead atoms. The summed E-state index contributed by atoms with van der Waals surface area (Å²) in [6.45, 7) is 22.4. The number of hydrazone groups is 2. The minimum absolute atomic E-state index is 0.618. The van der Waals surface area contributed by atoms with E-state index in [9.17, 15) is 0 Å². The zero-order chi connectivity index (χ0) is 28.5. The molecule has 4 unspecified atom stereocenters. The van der Waals surface area contributed by atoms with E-state index >= 15 is 0 Å². The van der Waals surface area contributed by atoms with Gasteiger partial charge in [0.2, 0.25) is 0 Å². The lowest BCUT2D eigenvalue weighted by atomic mass is 9.79. The molecule has 220 valence electrons. The van der Waals surface area contributed by atoms with Crippen LogP contribution in [0.1, 0.15) is 133 Å². The third-order valence-corrected chi connectivity index (χ3v) is 7.78. The first kappa shape index (κ1) is 34.4. The van der Waals surface area contributed by atoms with Crippen molar-refractivity contribution >= 4 is 12.4 Å². The number of rotatable bonds is 2. The Labute approximate surface area is 237 Å². The van der Waals surface area contributed by atoms with E-state index in [0.29, 0.717) is 11.8 Å². The number of hydrogen-bond donors (Lipinski definition) is 2. The van der Waals surface area contributed by atoms with Crippen LogP contribution in [0.3, 0.4) is 0 Å². The van der Waals surface area contributed by atoms with Crippen LogP contribution in [0.15, 0.2) is 33.7 Å². The molecule has 0 spiro atoms. The van der Waals surface area contributed by atoms with Gasteiger partial charge in [0.25, 0.3) is 0 Å². The monoisotopic (exact) mass is 529 g/mol. The molecule has 2 aliphatic heterocycles. The van der Waals surface area contributed by atoms with Crippen molar-refractivity contribution in [3.63, 3.8) is 0 Å². The smallest absolute Gasteiger partial charge is 0.0318 e. The molecule has 4 aliphatic rings. The second-order valence-electron chi connectivity index (χ2n) is 13.9. The molecule has 0 amide bonds. The molecule has 38 heavy (non-hydrogen) atoms. The van der Waals surface area contributed by atoms with Gasteiger partial charge in [0.05, 0.1) is 0 Å². The summed E-state index contributed by atoms with van der Waals surface area (Å²) in [5, 5.41) is 8.29. The first-order chi connectivity index (χ1) is 18.0. The maximum absolute atomic E-state index is 4.15. The zero-order valence-electron chi connectivity index (χ0n) is 26.9. The van der Waals surface area contributed by atoms with Crippen molar-refractivity contribution in [2.45, 2.75) is 133 Å². The van der Waals surface area contributed by atoms with Crippen LogP contribution in [-0.2, 0) is 0 Å². The van der Waals surface area contributed by atoms with Crippen LogP contribution in [0, 0.1) is 47.3 Å². The summed E-state index contributed by atoms with van der Waals surface area (Å²) in [6.07, 6.45) is 21.7. The van der Waals surface area contributed by atoms with Crippen LogP contribution in [0.5, 0.6) is 0 Å². The molecule has 2 heterocycles. The van der Waals surface area contributed by atoms with E-state index in [2.05, 4.69) is 115 Å². The van der Waals surface area contributed by atoms with Gasteiger partial charge in [0.1, 0.15) is 0 Å². The van der Waals surface area contributed by atoms with Crippen LogP contribution in [0.25, 0.3) is 0 Å². The molecule has 0 aromatic rings. The fourth-order valence-electron chi connectivity index (χ4n) is 5.48. The van der Waals surface area contributed by atoms with E-state index in [1.807, 2.05) is 0 Å². The van der Waals surface area contributed by atoms with Gasteiger partial charge in [0.15, 0.2) is 0 Å². The Hall–Kier alpha value is -1.58. The van der Waals surface area contributed by atoms with Gasteiger partial charge in [-0.15, -0.1) is 0 Å². The molecule has 0 saturated heterocycles. The lowest BCUT2D eigenvalue weighted by Gasteiger charge is -2.28. The van der Waals surface area contributed by atoms with Gasteiger partial charge in [-0.25, -0.2) is 0 Å². The van der Waals surface area contributed by atoms with Crippen LogP contribution < -0.4 is 10.9 Å². The predicted molar refractivity (Wildman–Crippen MR) is 170 cm³/mol. The summed E-state index contributed by atoms with van der Waals surface area (Å²) in [7, 11) is 0. The summed E-state index contributed by atoms with van der Waals surface area (Å²) in [4.78, 5) is 0. The van der Waals surface area contributed by atoms with Crippen molar-refractivity contribution in [1.82, 2.24) is 10.9 Å². The van der Waals surface area contributed by atoms with Crippen molar-refractivity contribution < 1.29 is 0 Å². The van der Waals surface area contributed by atoms with Crippen molar-refractivity contribution in [2.75, 3.05) is 0 Å². The molecule has 0 aromatic heterocycles. The highest BCUT2D eigenvalue weighted by Gasteiger charge is 2.23. The largest absolute Gasteiger partial charge is 0.286 e. The topological polar surface area (TPSA) is 48.8 Å². The first-order valence-electron chi connectivity index (χ1n) is 16.0. The van der Waals surface area contributed by atoms with Crippen molar-refractivity contribution in [1.29, 1.82) is 0 Å². The van der Waals surface area contributed by atoms with E-state index < -0.39 is 0 Å². The Bertz CT molecular complexity index is 717. The van der Waals surface area contributed by atoms with Crippen LogP contribution in [0.2, 0.25) is 0 Å². The SMILES string of the molecule is CC(C)C.CC(C)C.CC(C)C1CCCC2=CNN=CC2CC1.CC(C)C1CCCC2C=NNC=C2CC1. The molecule has 2 N–H and O–H groups in total. The highest BCUT2D eigenvalue weighted by Crippen LogP contribution is 2.34. The molecule has 4 nitrogen and oxygen atoms in total. The number of fused-ring (bicyclic) bond motifs is 2. The van der Waals surface area contributed by atoms with E-state index in [0.717, 1.165) is 35.5 Å². The highest BCUT2D eigenvalue weighted by molar-refractivity contribution is 5.66. The minimum atomic E-state index is 0.618. The molecular formula is C34H64N4. The second kappa shape index (κ2) is 19.5. The van der Waals surface area contributed by atoms with E-state index in [1.165, 1.54) is 64.2 Å². The molecule has 4 rings (SSSR count). The second-order valence-corrected chi connectivity index (χ2v) is 13.9. The Kier molecular flexibility index (Phi) is 17.7. The number of allylic oxidation sites excluding steroid dienone is 2. The standard InChI is InChI=1S/2C13H22N2.2C4H10/c2*1-10(2)11-4-3-5-12-8-14-15-9-13(12)7-6-11;2*1-4(2)3/h8-11,13-14H,3-7H2,1-2H3;8-12,15H,3-7H2,1-2H3;2*4H,1-3H3. The van der Waals surface area contributed by atoms with Crippen LogP contribution in [-0.4, -0.2) is 12.4 Å². The Balaban J connectivity index is 0.000000298. The average molecular weight is 529 g/mol. The molecule has 4 atom stereocenters. The third kappa shape index (κ3) is 15.1. The van der Waals surface area contributed by atoms with Crippen LogP contribution in [0.4, 0.5) is 0 Å². The summed E-state index contributed by atoms with van der Waals surface area (Å²) in [6, 6.07) is 0. The fraction of sp³-hybridized carbons (Fsp3) is 0.824. The molecule has 4 heteroatoms. The van der Waals surface area contributed by atoms with Gasteiger partial charge in [-0.05, 0) is 98.0 Å². The summed E-state index contributed by atoms with van der Waals surface area (Å²) < 4.78 is 0. The van der Waals surface area contributed by atoms with Crippen molar-refractivity contribution in [3.8, 4) is 0 Å². The molecular weight excluding hydrogens is 464 g/mol. The van der Waals surface area contributed by atoms with E-state index in [4.69, 9.17) is 0 Å². The maximum atomic E-state index is 4.15. The molecule has 0 aromatic carbocycles. The van der Waals surface area contributed by atoms with Gasteiger partial charge >= 0.3 is 0 Å². The Morgan fingerprint density at radius 1 is 0.553 bits per heavy atom. The number of nitrogens with zero attached hydrogens (tertiary/aromatic N) is 2. The molecule has 2 saturated carbocycles. The first-order valence-corrected chi connectivity index (χ1v) is 16.0. The summed E-state index contributed by atoms with van der Waals surface area (Å²) in [5.74, 6) is 6.44. The Morgan fingerprint density at radius 2 is 1.00 bits per heavy atom. The Morgan fingerprint density at radius 3 is 1.53 bits per heavy atom. The number of nitrogens with one attached hydrogen (secondary N) is 2. The van der Waals surface area contributed by atoms with Gasteiger partial charge in [-0.2, -0.15) is 10.2 Å². The van der Waals surface area contributed by atoms with Gasteiger partial charge in [-0.3, -0.25) is 10.9 Å². The van der Waals surface area contributed by atoms with Gasteiger partial charge in [0, 0.05) is 36.7 Å². The maximum Gasteiger partial charge on any atom is 0.0318 e. The van der Waals surface area contributed by atoms with Crippen molar-refractivity contribution in [2.24, 2.45) is 57.5 Å². The quantitative estimate of drug-likeness (QED) is 0.374. The predicted octanol–water partition coefficient (Wildman–Crippen LogP) is 9.95. The van der Waals surface area contributed by atoms with E-state index in [1.54, 1.807) is 11.1 Å². The fourth-order valence-corrected chi connectivity index (χ4v) is 5.48. The summed E-state index contributed by atoms with van der Waals surface area (Å²) in [5.41, 5.74) is 9.08. The molecule has 2 aliphatic carbocycles. The lowest BCUT2D eigenvalue weighted by molar-refractivity contribution is 0.302. The van der Waals surface area contributed by atoms with Crippen LogP contribution >= 0.6 is 0 Å². The highest BCUT2D eigenvalue weighted by atomic mass is 15.3.